The van der Waals surface area contributed by atoms with Gasteiger partial charge in [0, 0.05) is 18.8 Å². The summed E-state index contributed by atoms with van der Waals surface area (Å²) in [6.45, 7) is 2.23. The second-order valence-corrected chi connectivity index (χ2v) is 5.04. The lowest BCUT2D eigenvalue weighted by Crippen LogP contribution is -2.21. The van der Waals surface area contributed by atoms with E-state index in [1.807, 2.05) is 12.1 Å². The van der Waals surface area contributed by atoms with Crippen molar-refractivity contribution in [3.63, 3.8) is 0 Å². The molecule has 18 heavy (non-hydrogen) atoms. The van der Waals surface area contributed by atoms with Crippen molar-refractivity contribution in [1.29, 1.82) is 0 Å². The molecule has 0 aromatic heterocycles. The molecule has 0 radical (unpaired) electrons. The molecule has 2 rings (SSSR count). The lowest BCUT2D eigenvalue weighted by molar-refractivity contribution is -0.119. The Morgan fingerprint density at radius 2 is 2.00 bits per heavy atom. The van der Waals surface area contributed by atoms with Crippen LogP contribution >= 0.6 is 0 Å². The van der Waals surface area contributed by atoms with Crippen molar-refractivity contribution in [3.05, 3.63) is 29.8 Å². The minimum atomic E-state index is 0.0557. The lowest BCUT2D eigenvalue weighted by Gasteiger charge is -2.17. The molecule has 2 N–H and O–H groups in total. The Morgan fingerprint density at radius 3 is 2.50 bits per heavy atom. The van der Waals surface area contributed by atoms with Gasteiger partial charge in [0.2, 0.25) is 5.91 Å². The highest BCUT2D eigenvalue weighted by molar-refractivity contribution is 5.78. The van der Waals surface area contributed by atoms with Crippen LogP contribution in [0.1, 0.15) is 31.7 Å². The van der Waals surface area contributed by atoms with Crippen LogP contribution in [0.4, 0.5) is 5.69 Å². The Labute approximate surface area is 109 Å². The van der Waals surface area contributed by atoms with E-state index < -0.39 is 0 Å². The molecule has 0 saturated heterocycles. The van der Waals surface area contributed by atoms with Crippen LogP contribution in [0.3, 0.4) is 0 Å². The van der Waals surface area contributed by atoms with Crippen molar-refractivity contribution in [1.82, 2.24) is 5.32 Å². The summed E-state index contributed by atoms with van der Waals surface area (Å²) in [5.74, 6) is 0.917. The highest BCUT2D eigenvalue weighted by atomic mass is 16.1. The van der Waals surface area contributed by atoms with Gasteiger partial charge in [0.25, 0.3) is 0 Å². The van der Waals surface area contributed by atoms with Crippen LogP contribution in [0.25, 0.3) is 0 Å². The third-order valence-electron chi connectivity index (χ3n) is 3.58. The normalized spacial score (nSPS) is 16.1. The van der Waals surface area contributed by atoms with Crippen LogP contribution < -0.4 is 10.6 Å². The summed E-state index contributed by atoms with van der Waals surface area (Å²) in [5, 5.41) is 6.22. The van der Waals surface area contributed by atoms with Gasteiger partial charge >= 0.3 is 0 Å². The van der Waals surface area contributed by atoms with Gasteiger partial charge in [-0.2, -0.15) is 0 Å². The Balaban J connectivity index is 1.92. The molecule has 1 aromatic rings. The molecule has 1 unspecified atom stereocenters. The number of nitrogens with one attached hydrogen (secondary N) is 2. The van der Waals surface area contributed by atoms with Crippen molar-refractivity contribution >= 4 is 11.6 Å². The van der Waals surface area contributed by atoms with Gasteiger partial charge in [0.05, 0.1) is 6.42 Å². The quantitative estimate of drug-likeness (QED) is 0.810. The van der Waals surface area contributed by atoms with Gasteiger partial charge < -0.3 is 10.6 Å². The smallest absolute Gasteiger partial charge is 0.224 e. The highest BCUT2D eigenvalue weighted by Gasteiger charge is 2.29. The summed E-state index contributed by atoms with van der Waals surface area (Å²) in [5.41, 5.74) is 2.22. The average Bonchev–Trinajstić information content (AvgIpc) is 3.22. The van der Waals surface area contributed by atoms with Gasteiger partial charge in [-0.05, 0) is 42.9 Å². The maximum absolute atomic E-state index is 11.3. The summed E-state index contributed by atoms with van der Waals surface area (Å²) < 4.78 is 0. The minimum Gasteiger partial charge on any atom is -0.382 e. The standard InChI is InChI=1S/C15H22N2O/c1-3-14(12-6-7-12)17-13-8-4-11(5-9-13)10-15(18)16-2/h4-5,8-9,12,14,17H,3,6-7,10H2,1-2H3,(H,16,18). The van der Waals surface area contributed by atoms with Crippen LogP contribution in [0.5, 0.6) is 0 Å². The van der Waals surface area contributed by atoms with E-state index in [2.05, 4.69) is 29.7 Å². The third kappa shape index (κ3) is 3.49. The molecule has 1 fully saturated rings. The van der Waals surface area contributed by atoms with Gasteiger partial charge in [-0.3, -0.25) is 4.79 Å². The van der Waals surface area contributed by atoms with Crippen molar-refractivity contribution in [2.24, 2.45) is 5.92 Å². The van der Waals surface area contributed by atoms with Gasteiger partial charge in [0.15, 0.2) is 0 Å². The molecular formula is C15H22N2O. The van der Waals surface area contributed by atoms with Crippen LogP contribution in [0.15, 0.2) is 24.3 Å². The molecule has 1 aromatic carbocycles. The third-order valence-corrected chi connectivity index (χ3v) is 3.58. The summed E-state index contributed by atoms with van der Waals surface area (Å²) in [4.78, 5) is 11.3. The van der Waals surface area contributed by atoms with E-state index in [0.29, 0.717) is 12.5 Å². The van der Waals surface area contributed by atoms with Gasteiger partial charge in [-0.15, -0.1) is 0 Å². The Kier molecular flexibility index (Phi) is 4.24. The first-order chi connectivity index (χ1) is 8.72. The SMILES string of the molecule is CCC(Nc1ccc(CC(=O)NC)cc1)C1CC1. The fourth-order valence-electron chi connectivity index (χ4n) is 2.26. The molecule has 0 spiro atoms. The zero-order valence-electron chi connectivity index (χ0n) is 11.2. The first kappa shape index (κ1) is 12.9. The van der Waals surface area contributed by atoms with E-state index in [-0.39, 0.29) is 5.91 Å². The fourth-order valence-corrected chi connectivity index (χ4v) is 2.26. The van der Waals surface area contributed by atoms with Gasteiger partial charge in [-0.1, -0.05) is 19.1 Å². The number of carbonyl (C=O) groups excluding carboxylic acids is 1. The molecule has 1 saturated carbocycles. The molecule has 98 valence electrons. The zero-order chi connectivity index (χ0) is 13.0. The van der Waals surface area contributed by atoms with Crippen LogP contribution in [0.2, 0.25) is 0 Å². The molecule has 3 heteroatoms. The Morgan fingerprint density at radius 1 is 1.33 bits per heavy atom. The summed E-state index contributed by atoms with van der Waals surface area (Å²) in [7, 11) is 1.67. The number of amides is 1. The molecule has 1 atom stereocenters. The van der Waals surface area contributed by atoms with E-state index in [4.69, 9.17) is 0 Å². The van der Waals surface area contributed by atoms with E-state index >= 15 is 0 Å². The fraction of sp³-hybridized carbons (Fsp3) is 0.533. The molecule has 3 nitrogen and oxygen atoms in total. The number of likely N-dealkylation sites (N-methyl/N-ethyl adjacent to an activating group) is 1. The van der Waals surface area contributed by atoms with Gasteiger partial charge in [-0.25, -0.2) is 0 Å². The summed E-state index contributed by atoms with van der Waals surface area (Å²) >= 11 is 0. The topological polar surface area (TPSA) is 41.1 Å². The Bertz CT molecular complexity index is 395. The van der Waals surface area contributed by atoms with Crippen LogP contribution in [-0.4, -0.2) is 19.0 Å². The number of benzene rings is 1. The lowest BCUT2D eigenvalue weighted by atomic mass is 10.1. The van der Waals surface area contributed by atoms with Gasteiger partial charge in [0.1, 0.15) is 0 Å². The molecule has 1 aliphatic rings. The predicted molar refractivity (Wildman–Crippen MR) is 74.6 cm³/mol. The maximum atomic E-state index is 11.3. The average molecular weight is 246 g/mol. The van der Waals surface area contributed by atoms with E-state index in [1.54, 1.807) is 7.05 Å². The minimum absolute atomic E-state index is 0.0557. The number of hydrogen-bond acceptors (Lipinski definition) is 2. The van der Waals surface area contributed by atoms with E-state index in [1.165, 1.54) is 19.3 Å². The van der Waals surface area contributed by atoms with Crippen LogP contribution in [0, 0.1) is 5.92 Å². The van der Waals surface area contributed by atoms with Crippen molar-refractivity contribution < 1.29 is 4.79 Å². The summed E-state index contributed by atoms with van der Waals surface area (Å²) in [6, 6.07) is 8.80. The first-order valence-corrected chi connectivity index (χ1v) is 6.79. The van der Waals surface area contributed by atoms with E-state index in [0.717, 1.165) is 17.2 Å². The monoisotopic (exact) mass is 246 g/mol. The number of hydrogen-bond donors (Lipinski definition) is 2. The summed E-state index contributed by atoms with van der Waals surface area (Å²) in [6.07, 6.45) is 4.35. The second kappa shape index (κ2) is 5.89. The largest absolute Gasteiger partial charge is 0.382 e. The maximum Gasteiger partial charge on any atom is 0.224 e. The van der Waals surface area contributed by atoms with E-state index in [9.17, 15) is 4.79 Å². The highest BCUT2D eigenvalue weighted by Crippen LogP contribution is 2.35. The number of rotatable bonds is 6. The molecule has 0 bridgehead atoms. The second-order valence-electron chi connectivity index (χ2n) is 5.04. The molecule has 1 aliphatic carbocycles. The first-order valence-electron chi connectivity index (χ1n) is 6.79. The van der Waals surface area contributed by atoms with Crippen LogP contribution in [-0.2, 0) is 11.2 Å². The Hall–Kier alpha value is -1.51. The molecule has 0 heterocycles. The zero-order valence-corrected chi connectivity index (χ0v) is 11.2. The molecule has 0 aliphatic heterocycles. The molecular weight excluding hydrogens is 224 g/mol. The number of carbonyl (C=O) groups is 1. The van der Waals surface area contributed by atoms with Crippen molar-refractivity contribution in [2.45, 2.75) is 38.6 Å². The van der Waals surface area contributed by atoms with Crippen molar-refractivity contribution in [2.75, 3.05) is 12.4 Å². The predicted octanol–water partition coefficient (Wildman–Crippen LogP) is 2.58. The van der Waals surface area contributed by atoms with Crippen molar-refractivity contribution in [3.8, 4) is 0 Å². The molecule has 1 amide bonds. The number of anilines is 1.